The van der Waals surface area contributed by atoms with E-state index in [1.807, 2.05) is 24.3 Å². The van der Waals surface area contributed by atoms with E-state index in [1.165, 1.54) is 22.3 Å². The smallest absolute Gasteiger partial charge is 0.305 e. The number of hydrogen-bond donors (Lipinski definition) is 0. The van der Waals surface area contributed by atoms with Crippen molar-refractivity contribution in [3.8, 4) is 11.1 Å². The number of aldehydes is 1. The third kappa shape index (κ3) is 2.80. The Hall–Kier alpha value is -2.42. The van der Waals surface area contributed by atoms with E-state index in [1.54, 1.807) is 0 Å². The summed E-state index contributed by atoms with van der Waals surface area (Å²) in [6, 6.07) is 16.5. The second-order valence-electron chi connectivity index (χ2n) is 5.47. The van der Waals surface area contributed by atoms with Gasteiger partial charge in [0.25, 0.3) is 0 Å². The number of fused-ring (bicyclic) bond motifs is 3. The standard InChI is InChI=1S/C19H18O3/c20-12-6-5-11-19(21)22-13-18-16-9-3-1-7-14(16)15-8-2-4-10-17(15)18/h1-4,7-10,12,18H,5-6,11,13H2. The fourth-order valence-corrected chi connectivity index (χ4v) is 3.02. The lowest BCUT2D eigenvalue weighted by Gasteiger charge is -2.14. The third-order valence-corrected chi connectivity index (χ3v) is 4.08. The van der Waals surface area contributed by atoms with Gasteiger partial charge < -0.3 is 9.53 Å². The second kappa shape index (κ2) is 6.56. The van der Waals surface area contributed by atoms with E-state index in [4.69, 9.17) is 4.74 Å². The Morgan fingerprint density at radius 1 is 1.00 bits per heavy atom. The van der Waals surface area contributed by atoms with Crippen LogP contribution in [-0.2, 0) is 14.3 Å². The van der Waals surface area contributed by atoms with Gasteiger partial charge in [-0.25, -0.2) is 0 Å². The Labute approximate surface area is 129 Å². The fraction of sp³-hybridized carbons (Fsp3) is 0.263. The molecule has 0 atom stereocenters. The van der Waals surface area contributed by atoms with Crippen LogP contribution in [0.4, 0.5) is 0 Å². The molecule has 0 heterocycles. The number of rotatable bonds is 6. The van der Waals surface area contributed by atoms with Crippen LogP contribution in [0.5, 0.6) is 0 Å². The first-order valence-electron chi connectivity index (χ1n) is 7.58. The number of carbonyl (C=O) groups is 2. The van der Waals surface area contributed by atoms with Crippen LogP contribution >= 0.6 is 0 Å². The molecular weight excluding hydrogens is 276 g/mol. The quantitative estimate of drug-likeness (QED) is 0.463. The average Bonchev–Trinajstić information content (AvgIpc) is 2.87. The van der Waals surface area contributed by atoms with Gasteiger partial charge in [-0.05, 0) is 28.7 Å². The van der Waals surface area contributed by atoms with Crippen molar-refractivity contribution >= 4 is 12.3 Å². The molecule has 2 aromatic carbocycles. The summed E-state index contributed by atoms with van der Waals surface area (Å²) in [6.45, 7) is 0.355. The molecule has 0 bridgehead atoms. The highest BCUT2D eigenvalue weighted by molar-refractivity contribution is 5.79. The Balaban J connectivity index is 1.74. The molecule has 0 spiro atoms. The van der Waals surface area contributed by atoms with Crippen molar-refractivity contribution in [1.29, 1.82) is 0 Å². The van der Waals surface area contributed by atoms with Gasteiger partial charge in [0.05, 0.1) is 0 Å². The monoisotopic (exact) mass is 294 g/mol. The van der Waals surface area contributed by atoms with Crippen LogP contribution in [-0.4, -0.2) is 18.9 Å². The second-order valence-corrected chi connectivity index (χ2v) is 5.47. The van der Waals surface area contributed by atoms with Crippen LogP contribution in [0, 0.1) is 0 Å². The number of ether oxygens (including phenoxy) is 1. The fourth-order valence-electron chi connectivity index (χ4n) is 3.02. The van der Waals surface area contributed by atoms with E-state index in [-0.39, 0.29) is 11.9 Å². The molecule has 1 aliphatic carbocycles. The van der Waals surface area contributed by atoms with Crippen molar-refractivity contribution < 1.29 is 14.3 Å². The molecule has 1 aliphatic rings. The Kier molecular flexibility index (Phi) is 4.33. The molecule has 0 saturated heterocycles. The number of benzene rings is 2. The zero-order valence-corrected chi connectivity index (χ0v) is 12.3. The molecule has 112 valence electrons. The summed E-state index contributed by atoms with van der Waals surface area (Å²) in [4.78, 5) is 22.0. The Morgan fingerprint density at radius 3 is 2.18 bits per heavy atom. The minimum absolute atomic E-state index is 0.0995. The van der Waals surface area contributed by atoms with E-state index in [9.17, 15) is 9.59 Å². The van der Waals surface area contributed by atoms with E-state index < -0.39 is 0 Å². The molecule has 0 saturated carbocycles. The molecule has 0 N–H and O–H groups in total. The minimum Gasteiger partial charge on any atom is -0.465 e. The van der Waals surface area contributed by atoms with E-state index >= 15 is 0 Å². The van der Waals surface area contributed by atoms with Gasteiger partial charge in [0, 0.05) is 18.8 Å². The van der Waals surface area contributed by atoms with Crippen molar-refractivity contribution in [1.82, 2.24) is 0 Å². The molecule has 2 aromatic rings. The van der Waals surface area contributed by atoms with Crippen LogP contribution in [0.25, 0.3) is 11.1 Å². The average molecular weight is 294 g/mol. The van der Waals surface area contributed by atoms with E-state index in [0.29, 0.717) is 25.9 Å². The summed E-state index contributed by atoms with van der Waals surface area (Å²) >= 11 is 0. The highest BCUT2D eigenvalue weighted by Crippen LogP contribution is 2.44. The van der Waals surface area contributed by atoms with Gasteiger partial charge >= 0.3 is 5.97 Å². The van der Waals surface area contributed by atoms with Crippen molar-refractivity contribution in [3.63, 3.8) is 0 Å². The van der Waals surface area contributed by atoms with E-state index in [0.717, 1.165) is 6.29 Å². The highest BCUT2D eigenvalue weighted by atomic mass is 16.5. The molecule has 3 rings (SSSR count). The van der Waals surface area contributed by atoms with Crippen molar-refractivity contribution in [2.24, 2.45) is 0 Å². The van der Waals surface area contributed by atoms with Gasteiger partial charge in [0.2, 0.25) is 0 Å². The third-order valence-electron chi connectivity index (χ3n) is 4.08. The minimum atomic E-state index is -0.233. The number of esters is 1. The van der Waals surface area contributed by atoms with Crippen LogP contribution < -0.4 is 0 Å². The zero-order valence-electron chi connectivity index (χ0n) is 12.3. The summed E-state index contributed by atoms with van der Waals surface area (Å²) in [5.41, 5.74) is 4.87. The predicted octanol–water partition coefficient (Wildman–Crippen LogP) is 3.71. The number of unbranched alkanes of at least 4 members (excludes halogenated alkanes) is 1. The summed E-state index contributed by atoms with van der Waals surface area (Å²) in [5.74, 6) is -0.133. The molecular formula is C19H18O3. The van der Waals surface area contributed by atoms with Crippen molar-refractivity contribution in [2.75, 3.05) is 6.61 Å². The first-order chi connectivity index (χ1) is 10.8. The lowest BCUT2D eigenvalue weighted by molar-refractivity contribution is -0.144. The largest absolute Gasteiger partial charge is 0.465 e. The summed E-state index contributed by atoms with van der Waals surface area (Å²) in [5, 5.41) is 0. The SMILES string of the molecule is O=CCCCC(=O)OCC1c2ccccc2-c2ccccc21. The summed E-state index contributed by atoms with van der Waals surface area (Å²) in [6.07, 6.45) is 2.09. The molecule has 0 radical (unpaired) electrons. The molecule has 0 fully saturated rings. The van der Waals surface area contributed by atoms with Gasteiger partial charge in [-0.3, -0.25) is 4.79 Å². The molecule has 0 amide bonds. The highest BCUT2D eigenvalue weighted by Gasteiger charge is 2.28. The molecule has 0 unspecified atom stereocenters. The molecule has 0 aliphatic heterocycles. The topological polar surface area (TPSA) is 43.4 Å². The number of carbonyl (C=O) groups excluding carboxylic acids is 2. The van der Waals surface area contributed by atoms with Crippen LogP contribution in [0.15, 0.2) is 48.5 Å². The van der Waals surface area contributed by atoms with Gasteiger partial charge in [0.15, 0.2) is 0 Å². The first-order valence-corrected chi connectivity index (χ1v) is 7.58. The van der Waals surface area contributed by atoms with Gasteiger partial charge in [0.1, 0.15) is 12.9 Å². The molecule has 22 heavy (non-hydrogen) atoms. The number of hydrogen-bond acceptors (Lipinski definition) is 3. The summed E-state index contributed by atoms with van der Waals surface area (Å²) in [7, 11) is 0. The first kappa shape index (κ1) is 14.5. The van der Waals surface area contributed by atoms with Gasteiger partial charge in [-0.2, -0.15) is 0 Å². The maximum Gasteiger partial charge on any atom is 0.305 e. The van der Waals surface area contributed by atoms with Crippen molar-refractivity contribution in [3.05, 3.63) is 59.7 Å². The molecule has 0 aromatic heterocycles. The lowest BCUT2D eigenvalue weighted by Crippen LogP contribution is -2.12. The van der Waals surface area contributed by atoms with Crippen LogP contribution in [0.1, 0.15) is 36.3 Å². The predicted molar refractivity (Wildman–Crippen MR) is 84.6 cm³/mol. The van der Waals surface area contributed by atoms with E-state index in [2.05, 4.69) is 24.3 Å². The van der Waals surface area contributed by atoms with Crippen LogP contribution in [0.3, 0.4) is 0 Å². The Morgan fingerprint density at radius 2 is 1.59 bits per heavy atom. The van der Waals surface area contributed by atoms with Crippen molar-refractivity contribution in [2.45, 2.75) is 25.2 Å². The van der Waals surface area contributed by atoms with Gasteiger partial charge in [-0.1, -0.05) is 48.5 Å². The molecule has 3 heteroatoms. The maximum atomic E-state index is 11.8. The lowest BCUT2D eigenvalue weighted by atomic mass is 9.98. The maximum absolute atomic E-state index is 11.8. The van der Waals surface area contributed by atoms with Gasteiger partial charge in [-0.15, -0.1) is 0 Å². The molecule has 3 nitrogen and oxygen atoms in total. The van der Waals surface area contributed by atoms with Crippen LogP contribution in [0.2, 0.25) is 0 Å². The summed E-state index contributed by atoms with van der Waals surface area (Å²) < 4.78 is 5.43. The normalized spacial score (nSPS) is 12.5. The zero-order chi connectivity index (χ0) is 15.4. The Bertz CT molecular complexity index is 645.